The van der Waals surface area contributed by atoms with Gasteiger partial charge >= 0.3 is 0 Å². The van der Waals surface area contributed by atoms with E-state index in [2.05, 4.69) is 31.4 Å². The van der Waals surface area contributed by atoms with Crippen LogP contribution in [-0.4, -0.2) is 0 Å². The van der Waals surface area contributed by atoms with Crippen molar-refractivity contribution in [3.8, 4) is 0 Å². The topological polar surface area (TPSA) is 0 Å². The molecule has 0 bridgehead atoms. The van der Waals surface area contributed by atoms with Gasteiger partial charge in [0.15, 0.2) is 0 Å². The van der Waals surface area contributed by atoms with Crippen LogP contribution >= 0.6 is 11.3 Å². The SMILES string of the molecule is CC[C@H](C)CCCc1cccs1. The van der Waals surface area contributed by atoms with Crippen molar-refractivity contribution in [2.75, 3.05) is 0 Å². The molecule has 0 unspecified atom stereocenters. The van der Waals surface area contributed by atoms with Crippen LogP contribution in [0.5, 0.6) is 0 Å². The van der Waals surface area contributed by atoms with Crippen molar-refractivity contribution in [3.63, 3.8) is 0 Å². The Morgan fingerprint density at radius 2 is 2.33 bits per heavy atom. The van der Waals surface area contributed by atoms with E-state index in [4.69, 9.17) is 0 Å². The van der Waals surface area contributed by atoms with E-state index in [0.29, 0.717) is 0 Å². The van der Waals surface area contributed by atoms with E-state index in [-0.39, 0.29) is 0 Å². The summed E-state index contributed by atoms with van der Waals surface area (Å²) in [5, 5.41) is 2.17. The zero-order valence-electron chi connectivity index (χ0n) is 8.05. The molecule has 0 saturated heterocycles. The lowest BCUT2D eigenvalue weighted by Gasteiger charge is -2.06. The average Bonchev–Trinajstić information content (AvgIpc) is 2.57. The first-order valence-corrected chi connectivity index (χ1v) is 5.73. The maximum atomic E-state index is 2.34. The van der Waals surface area contributed by atoms with Crippen molar-refractivity contribution in [1.82, 2.24) is 0 Å². The molecule has 0 radical (unpaired) electrons. The van der Waals surface area contributed by atoms with E-state index in [9.17, 15) is 0 Å². The molecule has 12 heavy (non-hydrogen) atoms. The van der Waals surface area contributed by atoms with Crippen LogP contribution in [0.3, 0.4) is 0 Å². The number of hydrogen-bond acceptors (Lipinski definition) is 1. The van der Waals surface area contributed by atoms with E-state index >= 15 is 0 Å². The van der Waals surface area contributed by atoms with Gasteiger partial charge in [0.25, 0.3) is 0 Å². The molecule has 68 valence electrons. The molecule has 1 aromatic rings. The molecule has 0 aliphatic heterocycles. The summed E-state index contributed by atoms with van der Waals surface area (Å²) in [4.78, 5) is 1.54. The molecule has 1 heterocycles. The molecular formula is C11H18S. The number of thiophene rings is 1. The largest absolute Gasteiger partial charge is 0.149 e. The zero-order chi connectivity index (χ0) is 8.81. The summed E-state index contributed by atoms with van der Waals surface area (Å²) in [5.74, 6) is 0.907. The van der Waals surface area contributed by atoms with Gasteiger partial charge in [-0.1, -0.05) is 32.8 Å². The summed E-state index contributed by atoms with van der Waals surface area (Å²) >= 11 is 1.88. The summed E-state index contributed by atoms with van der Waals surface area (Å²) in [7, 11) is 0. The van der Waals surface area contributed by atoms with Crippen LogP contribution < -0.4 is 0 Å². The first kappa shape index (κ1) is 9.79. The molecule has 0 nitrogen and oxygen atoms in total. The third-order valence-corrected chi connectivity index (χ3v) is 3.33. The Kier molecular flexibility index (Phi) is 4.37. The number of hydrogen-bond donors (Lipinski definition) is 0. The van der Waals surface area contributed by atoms with Crippen molar-refractivity contribution in [2.24, 2.45) is 5.92 Å². The van der Waals surface area contributed by atoms with Gasteiger partial charge in [-0.15, -0.1) is 11.3 Å². The van der Waals surface area contributed by atoms with Crippen molar-refractivity contribution < 1.29 is 0 Å². The smallest absolute Gasteiger partial charge is 0.00452 e. The molecule has 0 N–H and O–H groups in total. The molecule has 0 saturated carbocycles. The molecule has 0 aliphatic rings. The Labute approximate surface area is 79.6 Å². The third kappa shape index (κ3) is 3.40. The lowest BCUT2D eigenvalue weighted by Crippen LogP contribution is -1.92. The van der Waals surface area contributed by atoms with E-state index in [1.807, 2.05) is 11.3 Å². The van der Waals surface area contributed by atoms with E-state index in [1.165, 1.54) is 25.7 Å². The van der Waals surface area contributed by atoms with Crippen LogP contribution in [0.2, 0.25) is 0 Å². The second-order valence-corrected chi connectivity index (χ2v) is 4.52. The summed E-state index contributed by atoms with van der Waals surface area (Å²) in [6, 6.07) is 4.38. The normalized spacial score (nSPS) is 13.2. The molecule has 1 atom stereocenters. The highest BCUT2D eigenvalue weighted by atomic mass is 32.1. The van der Waals surface area contributed by atoms with Gasteiger partial charge < -0.3 is 0 Å². The highest BCUT2D eigenvalue weighted by molar-refractivity contribution is 7.09. The summed E-state index contributed by atoms with van der Waals surface area (Å²) in [6.45, 7) is 4.62. The van der Waals surface area contributed by atoms with Crippen molar-refractivity contribution in [1.29, 1.82) is 0 Å². The molecule has 0 fully saturated rings. The molecule has 0 amide bonds. The highest BCUT2D eigenvalue weighted by Gasteiger charge is 1.99. The standard InChI is InChI=1S/C11H18S/c1-3-10(2)6-4-7-11-8-5-9-12-11/h5,8-10H,3-4,6-7H2,1-2H3/t10-/m0/s1. The molecule has 1 aromatic heterocycles. The van der Waals surface area contributed by atoms with Crippen molar-refractivity contribution >= 4 is 11.3 Å². The van der Waals surface area contributed by atoms with Crippen LogP contribution in [0.1, 0.15) is 38.0 Å². The Balaban J connectivity index is 2.11. The molecular weight excluding hydrogens is 164 g/mol. The van der Waals surface area contributed by atoms with Gasteiger partial charge in [-0.25, -0.2) is 0 Å². The number of rotatable bonds is 5. The van der Waals surface area contributed by atoms with Crippen LogP contribution in [0.4, 0.5) is 0 Å². The van der Waals surface area contributed by atoms with Gasteiger partial charge in [-0.05, 0) is 30.2 Å². The van der Waals surface area contributed by atoms with Gasteiger partial charge in [0.1, 0.15) is 0 Å². The highest BCUT2D eigenvalue weighted by Crippen LogP contribution is 2.15. The maximum Gasteiger partial charge on any atom is 0.00452 e. The fraction of sp³-hybridized carbons (Fsp3) is 0.636. The fourth-order valence-corrected chi connectivity index (χ4v) is 2.03. The summed E-state index contributed by atoms with van der Waals surface area (Å²) < 4.78 is 0. The first-order chi connectivity index (χ1) is 5.83. The monoisotopic (exact) mass is 182 g/mol. The van der Waals surface area contributed by atoms with E-state index in [0.717, 1.165) is 5.92 Å². The van der Waals surface area contributed by atoms with Crippen LogP contribution in [-0.2, 0) is 6.42 Å². The Hall–Kier alpha value is -0.300. The van der Waals surface area contributed by atoms with E-state index in [1.54, 1.807) is 4.88 Å². The summed E-state index contributed by atoms with van der Waals surface area (Å²) in [6.07, 6.45) is 5.34. The minimum Gasteiger partial charge on any atom is -0.149 e. The van der Waals surface area contributed by atoms with Gasteiger partial charge in [-0.3, -0.25) is 0 Å². The van der Waals surface area contributed by atoms with Gasteiger partial charge in [-0.2, -0.15) is 0 Å². The van der Waals surface area contributed by atoms with Gasteiger partial charge in [0, 0.05) is 4.88 Å². The molecule has 0 spiro atoms. The maximum absolute atomic E-state index is 2.34. The molecule has 0 aliphatic carbocycles. The van der Waals surface area contributed by atoms with Crippen LogP contribution in [0, 0.1) is 5.92 Å². The van der Waals surface area contributed by atoms with E-state index < -0.39 is 0 Å². The molecule has 0 aromatic carbocycles. The van der Waals surface area contributed by atoms with Crippen LogP contribution in [0.15, 0.2) is 17.5 Å². The Bertz CT molecular complexity index is 189. The van der Waals surface area contributed by atoms with Gasteiger partial charge in [0.2, 0.25) is 0 Å². The lowest BCUT2D eigenvalue weighted by atomic mass is 10.0. The fourth-order valence-electron chi connectivity index (χ4n) is 1.28. The zero-order valence-corrected chi connectivity index (χ0v) is 8.86. The minimum absolute atomic E-state index is 0.907. The van der Waals surface area contributed by atoms with Gasteiger partial charge in [0.05, 0.1) is 0 Å². The predicted octanol–water partition coefficient (Wildman–Crippen LogP) is 4.12. The lowest BCUT2D eigenvalue weighted by molar-refractivity contribution is 0.497. The van der Waals surface area contributed by atoms with Crippen molar-refractivity contribution in [2.45, 2.75) is 39.5 Å². The Morgan fingerprint density at radius 3 is 2.92 bits per heavy atom. The van der Waals surface area contributed by atoms with Crippen LogP contribution in [0.25, 0.3) is 0 Å². The third-order valence-electron chi connectivity index (χ3n) is 2.40. The number of aryl methyl sites for hydroxylation is 1. The first-order valence-electron chi connectivity index (χ1n) is 4.85. The molecule has 1 heteroatoms. The molecule has 1 rings (SSSR count). The van der Waals surface area contributed by atoms with Crippen molar-refractivity contribution in [3.05, 3.63) is 22.4 Å². The average molecular weight is 182 g/mol. The predicted molar refractivity (Wildman–Crippen MR) is 56.7 cm³/mol. The quantitative estimate of drug-likeness (QED) is 0.642. The minimum atomic E-state index is 0.907. The second kappa shape index (κ2) is 5.36. The summed E-state index contributed by atoms with van der Waals surface area (Å²) in [5.41, 5.74) is 0. The Morgan fingerprint density at radius 1 is 1.50 bits per heavy atom. The second-order valence-electron chi connectivity index (χ2n) is 3.49.